The molecule has 2 aromatic heterocycles. The summed E-state index contributed by atoms with van der Waals surface area (Å²) in [4.78, 5) is 0. The summed E-state index contributed by atoms with van der Waals surface area (Å²) in [5.41, 5.74) is 0.381. The van der Waals surface area contributed by atoms with E-state index in [2.05, 4.69) is 10.2 Å². The first kappa shape index (κ1) is 6.09. The number of H-pyrrole nitrogens is 1. The van der Waals surface area contributed by atoms with E-state index in [1.165, 1.54) is 12.3 Å². The van der Waals surface area contributed by atoms with Crippen molar-refractivity contribution >= 4 is 11.0 Å². The molecule has 2 N–H and O–H groups in total. The van der Waals surface area contributed by atoms with Crippen LogP contribution >= 0.6 is 0 Å². The number of hydrogen-bond donors (Lipinski definition) is 2. The molecule has 4 nitrogen and oxygen atoms in total. The predicted octanol–water partition coefficient (Wildman–Crippen LogP) is 0.227. The Hall–Kier alpha value is -1.65. The first-order chi connectivity index (χ1) is 5.27. The Morgan fingerprint density at radius 2 is 2.45 bits per heavy atom. The fraction of sp³-hybridized carbons (Fsp3) is 0. The lowest BCUT2D eigenvalue weighted by Gasteiger charge is -1.88. The van der Waals surface area contributed by atoms with Crippen molar-refractivity contribution in [3.63, 3.8) is 0 Å². The molecule has 2 rings (SSSR count). The van der Waals surface area contributed by atoms with Gasteiger partial charge in [0.05, 0.1) is 11.6 Å². The molecule has 5 heteroatoms. The van der Waals surface area contributed by atoms with Gasteiger partial charge in [0.1, 0.15) is 0 Å². The molecule has 0 atom stereocenters. The van der Waals surface area contributed by atoms with Crippen LogP contribution in [0.15, 0.2) is 18.5 Å². The third-order valence-electron chi connectivity index (χ3n) is 1.42. The van der Waals surface area contributed by atoms with Crippen LogP contribution in [0.2, 0.25) is 0 Å². The van der Waals surface area contributed by atoms with Crippen molar-refractivity contribution in [2.75, 3.05) is 0 Å². The molecule has 0 aliphatic heterocycles. The van der Waals surface area contributed by atoms with Gasteiger partial charge in [-0.05, 0) is 10.8 Å². The molecule has 0 radical (unpaired) electrons. The highest BCUT2D eigenvalue weighted by molar-refractivity contribution is 5.69. The largest absolute Gasteiger partial charge is 0.350 e. The van der Waals surface area contributed by atoms with E-state index in [1.54, 1.807) is 0 Å². The molecule has 0 amide bonds. The van der Waals surface area contributed by atoms with Crippen LogP contribution in [-0.4, -0.2) is 15.4 Å². The summed E-state index contributed by atoms with van der Waals surface area (Å²) >= 11 is 0. The molecule has 0 saturated carbocycles. The third kappa shape index (κ3) is 0.813. The van der Waals surface area contributed by atoms with Gasteiger partial charge >= 0.3 is 5.65 Å². The van der Waals surface area contributed by atoms with E-state index in [0.717, 1.165) is 6.20 Å². The van der Waals surface area contributed by atoms with Gasteiger partial charge in [-0.2, -0.15) is 0 Å². The molecule has 0 saturated heterocycles. The van der Waals surface area contributed by atoms with E-state index in [-0.39, 0.29) is 0 Å². The van der Waals surface area contributed by atoms with Crippen molar-refractivity contribution < 1.29 is 14.3 Å². The zero-order valence-electron chi connectivity index (χ0n) is 5.45. The summed E-state index contributed by atoms with van der Waals surface area (Å²) in [5, 5.41) is 15.7. The van der Waals surface area contributed by atoms with Gasteiger partial charge in [-0.25, -0.2) is 4.39 Å². The number of aromatic amines is 1. The summed E-state index contributed by atoms with van der Waals surface area (Å²) in [6.45, 7) is 0. The number of aromatic nitrogens is 3. The van der Waals surface area contributed by atoms with Gasteiger partial charge in [-0.3, -0.25) is 0 Å². The van der Waals surface area contributed by atoms with Gasteiger partial charge in [0.2, 0.25) is 0 Å². The number of pyridine rings is 1. The van der Waals surface area contributed by atoms with Crippen LogP contribution in [0.5, 0.6) is 0 Å². The molecule has 0 aromatic carbocycles. The number of fused-ring (bicyclic) bond motifs is 1. The van der Waals surface area contributed by atoms with Crippen molar-refractivity contribution in [2.24, 2.45) is 0 Å². The summed E-state index contributed by atoms with van der Waals surface area (Å²) in [7, 11) is 0. The lowest BCUT2D eigenvalue weighted by Crippen LogP contribution is -2.31. The minimum atomic E-state index is -0.499. The molecule has 11 heavy (non-hydrogen) atoms. The Balaban J connectivity index is 2.91. The number of nitrogens with zero attached hydrogens (tertiary/aromatic N) is 2. The van der Waals surface area contributed by atoms with Gasteiger partial charge in [-0.15, -0.1) is 5.10 Å². The molecule has 56 valence electrons. The monoisotopic (exact) mass is 154 g/mol. The summed E-state index contributed by atoms with van der Waals surface area (Å²) in [6, 6.07) is 1.28. The van der Waals surface area contributed by atoms with Crippen LogP contribution in [0.4, 0.5) is 4.39 Å². The van der Waals surface area contributed by atoms with Crippen molar-refractivity contribution in [1.29, 1.82) is 0 Å². The second-order valence-corrected chi connectivity index (χ2v) is 2.18. The summed E-state index contributed by atoms with van der Waals surface area (Å²) < 4.78 is 13.2. The highest BCUT2D eigenvalue weighted by Crippen LogP contribution is 2.05. The van der Waals surface area contributed by atoms with Crippen LogP contribution in [-0.2, 0) is 0 Å². The minimum Gasteiger partial charge on any atom is -0.350 e. The quantitative estimate of drug-likeness (QED) is 0.421. The van der Waals surface area contributed by atoms with E-state index >= 15 is 0 Å². The molecular weight excluding hydrogens is 149 g/mol. The molecule has 0 fully saturated rings. The maximum absolute atomic E-state index is 12.6. The minimum absolute atomic E-state index is 0.381. The van der Waals surface area contributed by atoms with Crippen molar-refractivity contribution in [2.45, 2.75) is 0 Å². The molecule has 0 aliphatic rings. The average molecular weight is 154 g/mol. The number of halogens is 1. The van der Waals surface area contributed by atoms with Crippen LogP contribution in [0.1, 0.15) is 0 Å². The average Bonchev–Trinajstić information content (AvgIpc) is 2.34. The normalized spacial score (nSPS) is 10.6. The lowest BCUT2D eigenvalue weighted by atomic mass is 10.3. The Morgan fingerprint density at radius 3 is 3.27 bits per heavy atom. The molecule has 0 bridgehead atoms. The number of nitrogens with one attached hydrogen (secondary N) is 1. The van der Waals surface area contributed by atoms with Crippen LogP contribution in [0.25, 0.3) is 11.0 Å². The first-order valence-electron chi connectivity index (χ1n) is 3.01. The van der Waals surface area contributed by atoms with E-state index in [4.69, 9.17) is 5.21 Å². The van der Waals surface area contributed by atoms with Crippen molar-refractivity contribution in [3.05, 3.63) is 24.3 Å². The van der Waals surface area contributed by atoms with Crippen LogP contribution in [0, 0.1) is 5.82 Å². The Labute approximate surface area is 60.9 Å². The maximum atomic E-state index is 12.6. The molecule has 0 unspecified atom stereocenters. The Bertz CT molecular complexity index is 398. The van der Waals surface area contributed by atoms with Crippen LogP contribution in [0.3, 0.4) is 0 Å². The second kappa shape index (κ2) is 1.91. The zero-order valence-corrected chi connectivity index (χ0v) is 5.45. The second-order valence-electron chi connectivity index (χ2n) is 2.18. The Kier molecular flexibility index (Phi) is 1.06. The molecular formula is C6H5FN3O+. The van der Waals surface area contributed by atoms with Gasteiger partial charge in [-0.1, -0.05) is 5.10 Å². The standard InChI is InChI=1S/C6H4FN3O/c7-5-1-4-2-8-9-6(4)10(11)3-5/h1-3,11H/p+1. The topological polar surface area (TPSA) is 52.8 Å². The van der Waals surface area contributed by atoms with Crippen molar-refractivity contribution in [1.82, 2.24) is 10.2 Å². The number of hydrogen-bond acceptors (Lipinski definition) is 2. The van der Waals surface area contributed by atoms with Crippen molar-refractivity contribution in [3.8, 4) is 0 Å². The van der Waals surface area contributed by atoms with E-state index in [0.29, 0.717) is 15.8 Å². The van der Waals surface area contributed by atoms with E-state index in [1.807, 2.05) is 0 Å². The zero-order chi connectivity index (χ0) is 7.84. The molecule has 0 spiro atoms. The van der Waals surface area contributed by atoms with E-state index in [9.17, 15) is 4.39 Å². The smallest absolute Gasteiger partial charge is 0.347 e. The lowest BCUT2D eigenvalue weighted by molar-refractivity contribution is -0.886. The van der Waals surface area contributed by atoms with E-state index < -0.39 is 5.82 Å². The third-order valence-corrected chi connectivity index (χ3v) is 1.42. The van der Waals surface area contributed by atoms with Gasteiger partial charge in [0, 0.05) is 0 Å². The molecule has 2 aromatic rings. The summed E-state index contributed by atoms with van der Waals surface area (Å²) in [6.07, 6.45) is 2.39. The molecule has 0 aliphatic carbocycles. The Morgan fingerprint density at radius 1 is 1.64 bits per heavy atom. The van der Waals surface area contributed by atoms with Crippen LogP contribution < -0.4 is 4.73 Å². The maximum Gasteiger partial charge on any atom is 0.347 e. The predicted molar refractivity (Wildman–Crippen MR) is 33.4 cm³/mol. The first-order valence-corrected chi connectivity index (χ1v) is 3.01. The fourth-order valence-corrected chi connectivity index (χ4v) is 0.945. The number of rotatable bonds is 0. The highest BCUT2D eigenvalue weighted by Gasteiger charge is 2.09. The highest BCUT2D eigenvalue weighted by atomic mass is 19.1. The van der Waals surface area contributed by atoms with Gasteiger partial charge < -0.3 is 5.21 Å². The van der Waals surface area contributed by atoms with Gasteiger partial charge in [0.15, 0.2) is 12.0 Å². The molecule has 2 heterocycles. The summed E-state index contributed by atoms with van der Waals surface area (Å²) in [5.74, 6) is -0.499. The fourth-order valence-electron chi connectivity index (χ4n) is 0.945. The SMILES string of the molecule is O[n+]1cc(F)cc2cn[nH]c21. The van der Waals surface area contributed by atoms with Gasteiger partial charge in [0.25, 0.3) is 0 Å².